The molecule has 0 aromatic heterocycles. The van der Waals surface area contributed by atoms with Crippen LogP contribution in [0.5, 0.6) is 5.75 Å². The van der Waals surface area contributed by atoms with Crippen molar-refractivity contribution in [1.29, 1.82) is 0 Å². The maximum absolute atomic E-state index is 12.5. The second kappa shape index (κ2) is 8.61. The van der Waals surface area contributed by atoms with Crippen molar-refractivity contribution in [1.82, 2.24) is 0 Å². The second-order valence-electron chi connectivity index (χ2n) is 7.90. The zero-order chi connectivity index (χ0) is 20.3. The molecule has 2 heterocycles. The van der Waals surface area contributed by atoms with Crippen LogP contribution in [0.2, 0.25) is 0 Å². The van der Waals surface area contributed by atoms with Gasteiger partial charge < -0.3 is 28.8 Å². The quantitative estimate of drug-likeness (QED) is 0.625. The second-order valence-corrected chi connectivity index (χ2v) is 7.90. The summed E-state index contributed by atoms with van der Waals surface area (Å²) in [4.78, 5) is 12.5. The Morgan fingerprint density at radius 1 is 1.14 bits per heavy atom. The van der Waals surface area contributed by atoms with Gasteiger partial charge in [0.1, 0.15) is 23.6 Å². The Morgan fingerprint density at radius 2 is 1.86 bits per heavy atom. The van der Waals surface area contributed by atoms with Crippen LogP contribution in [-0.4, -0.2) is 54.8 Å². The van der Waals surface area contributed by atoms with Crippen LogP contribution in [0, 0.1) is 0 Å². The van der Waals surface area contributed by atoms with Crippen LogP contribution in [0.1, 0.15) is 39.0 Å². The van der Waals surface area contributed by atoms with Gasteiger partial charge in [0.25, 0.3) is 0 Å². The minimum Gasteiger partial charge on any atom is -0.497 e. The van der Waals surface area contributed by atoms with E-state index in [1.165, 1.54) is 0 Å². The molecule has 0 amide bonds. The van der Waals surface area contributed by atoms with Crippen molar-refractivity contribution in [2.24, 2.45) is 0 Å². The molecule has 7 heteroatoms. The molecule has 1 aromatic rings. The van der Waals surface area contributed by atoms with E-state index < -0.39 is 36.2 Å². The van der Waals surface area contributed by atoms with Crippen LogP contribution >= 0.6 is 0 Å². The van der Waals surface area contributed by atoms with E-state index >= 15 is 0 Å². The summed E-state index contributed by atoms with van der Waals surface area (Å²) in [7, 11) is 1.61. The maximum Gasteiger partial charge on any atom is 0.338 e. The first-order valence-corrected chi connectivity index (χ1v) is 9.41. The number of rotatable bonds is 3. The van der Waals surface area contributed by atoms with Gasteiger partial charge >= 0.3 is 5.97 Å². The number of hydrogen-bond acceptors (Lipinski definition) is 7. The van der Waals surface area contributed by atoms with Gasteiger partial charge in [-0.2, -0.15) is 0 Å². The Hall–Kier alpha value is -1.93. The highest BCUT2D eigenvalue weighted by Gasteiger charge is 2.40. The third-order valence-corrected chi connectivity index (χ3v) is 4.49. The number of carbonyl (C=O) groups excluding carboxylic acids is 1. The molecule has 3 rings (SSSR count). The molecule has 154 valence electrons. The van der Waals surface area contributed by atoms with Crippen LogP contribution < -0.4 is 4.74 Å². The molecule has 0 unspecified atom stereocenters. The van der Waals surface area contributed by atoms with Crippen LogP contribution in [0.15, 0.2) is 36.4 Å². The molecule has 2 aliphatic rings. The fraction of sp³-hybridized carbons (Fsp3) is 0.571. The summed E-state index contributed by atoms with van der Waals surface area (Å²) < 4.78 is 28.3. The number of benzene rings is 1. The van der Waals surface area contributed by atoms with Crippen molar-refractivity contribution >= 4 is 5.97 Å². The van der Waals surface area contributed by atoms with Crippen molar-refractivity contribution in [3.05, 3.63) is 42.0 Å². The van der Waals surface area contributed by atoms with Crippen LogP contribution in [0.4, 0.5) is 0 Å². The zero-order valence-electron chi connectivity index (χ0n) is 16.7. The Balaban J connectivity index is 1.70. The Kier molecular flexibility index (Phi) is 6.40. The van der Waals surface area contributed by atoms with Crippen molar-refractivity contribution in [3.63, 3.8) is 0 Å². The van der Waals surface area contributed by atoms with Gasteiger partial charge in [0.15, 0.2) is 12.4 Å². The number of ether oxygens (including phenoxy) is 5. The third-order valence-electron chi connectivity index (χ3n) is 4.49. The molecule has 0 radical (unpaired) electrons. The number of esters is 1. The molecular formula is C21H28O7. The van der Waals surface area contributed by atoms with E-state index in [-0.39, 0.29) is 12.7 Å². The van der Waals surface area contributed by atoms with E-state index in [0.29, 0.717) is 6.42 Å². The fourth-order valence-corrected chi connectivity index (χ4v) is 3.12. The van der Waals surface area contributed by atoms with Gasteiger partial charge in [-0.3, -0.25) is 0 Å². The lowest BCUT2D eigenvalue weighted by molar-refractivity contribution is -0.276. The number of aliphatic hydroxyl groups is 1. The molecule has 0 spiro atoms. The van der Waals surface area contributed by atoms with Crippen molar-refractivity contribution in [3.8, 4) is 5.75 Å². The van der Waals surface area contributed by atoms with Gasteiger partial charge in [0, 0.05) is 5.56 Å². The van der Waals surface area contributed by atoms with Gasteiger partial charge in [-0.05, 0) is 39.3 Å². The molecule has 0 bridgehead atoms. The van der Waals surface area contributed by atoms with Gasteiger partial charge in [0.05, 0.1) is 19.8 Å². The first-order chi connectivity index (χ1) is 13.3. The highest BCUT2D eigenvalue weighted by atomic mass is 16.7. The minimum atomic E-state index is -1.13. The summed E-state index contributed by atoms with van der Waals surface area (Å²) in [6.45, 7) is 5.54. The third kappa shape index (κ3) is 5.11. The van der Waals surface area contributed by atoms with E-state index in [4.69, 9.17) is 23.7 Å². The molecule has 1 fully saturated rings. The Labute approximate surface area is 165 Å². The van der Waals surface area contributed by atoms with Gasteiger partial charge in [0.2, 0.25) is 0 Å². The predicted molar refractivity (Wildman–Crippen MR) is 101 cm³/mol. The van der Waals surface area contributed by atoms with E-state index in [1.54, 1.807) is 40.0 Å². The van der Waals surface area contributed by atoms with E-state index in [2.05, 4.69) is 0 Å². The van der Waals surface area contributed by atoms with Crippen molar-refractivity contribution in [2.45, 2.75) is 63.5 Å². The number of fused-ring (bicyclic) bond motifs is 1. The summed E-state index contributed by atoms with van der Waals surface area (Å²) in [5.41, 5.74) is 0.194. The Bertz CT molecular complexity index is 692. The molecular weight excluding hydrogens is 364 g/mol. The summed E-state index contributed by atoms with van der Waals surface area (Å²) >= 11 is 0. The smallest absolute Gasteiger partial charge is 0.338 e. The molecule has 2 aliphatic heterocycles. The average Bonchev–Trinajstić information content (AvgIpc) is 2.63. The number of carbonyl (C=O) groups is 1. The zero-order valence-corrected chi connectivity index (χ0v) is 16.7. The lowest BCUT2D eigenvalue weighted by Crippen LogP contribution is -2.50. The van der Waals surface area contributed by atoms with Crippen molar-refractivity contribution in [2.75, 3.05) is 13.7 Å². The summed E-state index contributed by atoms with van der Waals surface area (Å²) in [6.07, 6.45) is 0.335. The molecule has 7 nitrogen and oxygen atoms in total. The van der Waals surface area contributed by atoms with E-state index in [0.717, 1.165) is 11.3 Å². The first kappa shape index (κ1) is 20.8. The summed E-state index contributed by atoms with van der Waals surface area (Å²) in [5.74, 6) is 0.145. The number of methoxy groups -OCH3 is 1. The normalized spacial score (nSPS) is 31.8. The molecule has 5 atom stereocenters. The number of hydrogen-bond donors (Lipinski definition) is 1. The molecule has 1 saturated heterocycles. The minimum absolute atomic E-state index is 0.237. The SMILES string of the molecule is COc1ccc([C@@H]2OC[C@H]3O[C@@H](C(=O)OC(C)(C)C)[C@H](O)/C=C\C[C@@H]3O2)cc1. The average molecular weight is 392 g/mol. The van der Waals surface area contributed by atoms with Crippen molar-refractivity contribution < 1.29 is 33.6 Å². The largest absolute Gasteiger partial charge is 0.497 e. The van der Waals surface area contributed by atoms with Crippen LogP contribution in [0.3, 0.4) is 0 Å². The molecule has 0 saturated carbocycles. The lowest BCUT2D eigenvalue weighted by Gasteiger charge is -2.39. The molecule has 0 aliphatic carbocycles. The van der Waals surface area contributed by atoms with E-state index in [9.17, 15) is 9.90 Å². The molecule has 1 aromatic carbocycles. The van der Waals surface area contributed by atoms with E-state index in [1.807, 2.05) is 24.3 Å². The molecule has 1 N–H and O–H groups in total. The summed E-state index contributed by atoms with van der Waals surface area (Å²) in [6, 6.07) is 7.46. The van der Waals surface area contributed by atoms with Gasteiger partial charge in [-0.1, -0.05) is 24.3 Å². The monoisotopic (exact) mass is 392 g/mol. The standard InChI is InChI=1S/C21H28O7/c1-21(2,3)28-19(23)18-15(22)6-5-7-16-17(26-18)12-25-20(27-16)13-8-10-14(24-4)11-9-13/h5-6,8-11,15-18,20,22H,7,12H2,1-4H3/b6-5-/t15-,16+,17-,18-,20-/m1/s1. The maximum atomic E-state index is 12.5. The summed E-state index contributed by atoms with van der Waals surface area (Å²) in [5, 5.41) is 10.3. The predicted octanol–water partition coefficient (Wildman–Crippen LogP) is 2.53. The molecule has 28 heavy (non-hydrogen) atoms. The number of aliphatic hydroxyl groups excluding tert-OH is 1. The van der Waals surface area contributed by atoms with Gasteiger partial charge in [-0.15, -0.1) is 0 Å². The highest BCUT2D eigenvalue weighted by molar-refractivity contribution is 5.76. The Morgan fingerprint density at radius 3 is 2.50 bits per heavy atom. The first-order valence-electron chi connectivity index (χ1n) is 9.41. The topological polar surface area (TPSA) is 83.5 Å². The van der Waals surface area contributed by atoms with Crippen LogP contribution in [-0.2, 0) is 23.7 Å². The van der Waals surface area contributed by atoms with Crippen LogP contribution in [0.25, 0.3) is 0 Å². The van der Waals surface area contributed by atoms with Gasteiger partial charge in [-0.25, -0.2) is 4.79 Å². The fourth-order valence-electron chi connectivity index (χ4n) is 3.12. The highest BCUT2D eigenvalue weighted by Crippen LogP contribution is 2.32. The lowest BCUT2D eigenvalue weighted by atomic mass is 10.0.